The molecule has 1 N–H and O–H groups in total. The molecular formula is C9H13NOS. The minimum atomic E-state index is -0.542. The van der Waals surface area contributed by atoms with Gasteiger partial charge < -0.3 is 5.11 Å². The average molecular weight is 183 g/mol. The normalized spacial score (nSPS) is 22.4. The van der Waals surface area contributed by atoms with Crippen molar-refractivity contribution in [3.63, 3.8) is 0 Å². The average Bonchev–Trinajstić information content (AvgIpc) is 2.58. The Kier molecular flexibility index (Phi) is 2.15. The molecule has 0 atom stereocenters. The Labute approximate surface area is 76.3 Å². The van der Waals surface area contributed by atoms with Gasteiger partial charge in [0.25, 0.3) is 0 Å². The summed E-state index contributed by atoms with van der Waals surface area (Å²) in [6.45, 7) is 0. The van der Waals surface area contributed by atoms with E-state index >= 15 is 0 Å². The molecule has 2 nitrogen and oxygen atoms in total. The van der Waals surface area contributed by atoms with Gasteiger partial charge in [0.05, 0.1) is 10.4 Å². The van der Waals surface area contributed by atoms with Gasteiger partial charge in [-0.1, -0.05) is 19.3 Å². The first-order valence-corrected chi connectivity index (χ1v) is 5.31. The van der Waals surface area contributed by atoms with Crippen molar-refractivity contribution in [2.24, 2.45) is 0 Å². The van der Waals surface area contributed by atoms with Crippen LogP contribution < -0.4 is 0 Å². The summed E-state index contributed by atoms with van der Waals surface area (Å²) in [6.07, 6.45) is 7.18. The van der Waals surface area contributed by atoms with Crippen LogP contribution >= 0.6 is 11.3 Å². The van der Waals surface area contributed by atoms with Gasteiger partial charge in [-0.3, -0.25) is 4.98 Å². The quantitative estimate of drug-likeness (QED) is 0.724. The van der Waals surface area contributed by atoms with Gasteiger partial charge in [-0.15, -0.1) is 11.3 Å². The molecule has 0 unspecified atom stereocenters. The largest absolute Gasteiger partial charge is 0.384 e. The van der Waals surface area contributed by atoms with Crippen LogP contribution in [-0.2, 0) is 5.60 Å². The summed E-state index contributed by atoms with van der Waals surface area (Å²) in [4.78, 5) is 5.04. The van der Waals surface area contributed by atoms with Crippen molar-refractivity contribution in [2.75, 3.05) is 0 Å². The highest BCUT2D eigenvalue weighted by Gasteiger charge is 2.32. The fourth-order valence-corrected chi connectivity index (χ4v) is 2.61. The van der Waals surface area contributed by atoms with Crippen molar-refractivity contribution in [2.45, 2.75) is 37.7 Å². The number of aliphatic hydroxyl groups is 1. The van der Waals surface area contributed by atoms with E-state index in [-0.39, 0.29) is 0 Å². The van der Waals surface area contributed by atoms with E-state index in [2.05, 4.69) is 4.98 Å². The van der Waals surface area contributed by atoms with E-state index in [1.165, 1.54) is 6.42 Å². The van der Waals surface area contributed by atoms with Gasteiger partial charge in [-0.05, 0) is 12.8 Å². The molecule has 12 heavy (non-hydrogen) atoms. The van der Waals surface area contributed by atoms with Gasteiger partial charge in [0, 0.05) is 6.20 Å². The first kappa shape index (κ1) is 8.20. The zero-order chi connectivity index (χ0) is 8.44. The summed E-state index contributed by atoms with van der Waals surface area (Å²) < 4.78 is 0. The Morgan fingerprint density at radius 3 is 2.67 bits per heavy atom. The highest BCUT2D eigenvalue weighted by Crippen LogP contribution is 2.38. The van der Waals surface area contributed by atoms with Crippen LogP contribution in [0, 0.1) is 0 Å². The molecule has 2 rings (SSSR count). The molecule has 0 aliphatic heterocycles. The van der Waals surface area contributed by atoms with Crippen molar-refractivity contribution >= 4 is 11.3 Å². The molecule has 0 radical (unpaired) electrons. The highest BCUT2D eigenvalue weighted by atomic mass is 32.1. The first-order valence-electron chi connectivity index (χ1n) is 4.43. The first-order chi connectivity index (χ1) is 5.81. The lowest BCUT2D eigenvalue weighted by molar-refractivity contribution is 0.00265. The molecule has 1 saturated carbocycles. The van der Waals surface area contributed by atoms with Gasteiger partial charge in [0.15, 0.2) is 0 Å². The molecule has 1 fully saturated rings. The van der Waals surface area contributed by atoms with E-state index in [4.69, 9.17) is 0 Å². The number of thiazole rings is 1. The van der Waals surface area contributed by atoms with Crippen molar-refractivity contribution in [1.29, 1.82) is 0 Å². The van der Waals surface area contributed by atoms with Crippen LogP contribution in [0.2, 0.25) is 0 Å². The fourth-order valence-electron chi connectivity index (χ4n) is 1.83. The number of hydrogen-bond acceptors (Lipinski definition) is 3. The van der Waals surface area contributed by atoms with Crippen molar-refractivity contribution < 1.29 is 5.11 Å². The zero-order valence-electron chi connectivity index (χ0n) is 6.99. The molecule has 3 heteroatoms. The molecule has 1 heterocycles. The van der Waals surface area contributed by atoms with E-state index in [9.17, 15) is 5.11 Å². The van der Waals surface area contributed by atoms with Crippen LogP contribution in [0.4, 0.5) is 0 Å². The van der Waals surface area contributed by atoms with Gasteiger partial charge in [0.1, 0.15) is 5.60 Å². The summed E-state index contributed by atoms with van der Waals surface area (Å²) in [5.41, 5.74) is 1.25. The van der Waals surface area contributed by atoms with E-state index in [0.717, 1.165) is 30.6 Å². The molecule has 0 aromatic carbocycles. The molecule has 0 bridgehead atoms. The molecule has 1 aliphatic carbocycles. The van der Waals surface area contributed by atoms with Gasteiger partial charge in [-0.2, -0.15) is 0 Å². The zero-order valence-corrected chi connectivity index (χ0v) is 7.81. The number of hydrogen-bond donors (Lipinski definition) is 1. The third-order valence-corrected chi connectivity index (χ3v) is 3.54. The van der Waals surface area contributed by atoms with Gasteiger partial charge in [0.2, 0.25) is 0 Å². The smallest absolute Gasteiger partial charge is 0.100 e. The number of aromatic nitrogens is 1. The Morgan fingerprint density at radius 2 is 2.08 bits per heavy atom. The predicted octanol–water partition coefficient (Wildman–Crippen LogP) is 2.29. The summed E-state index contributed by atoms with van der Waals surface area (Å²) in [6, 6.07) is 0. The van der Waals surface area contributed by atoms with Crippen molar-refractivity contribution in [3.05, 3.63) is 16.6 Å². The molecule has 1 aliphatic rings. The van der Waals surface area contributed by atoms with E-state index < -0.39 is 5.60 Å². The van der Waals surface area contributed by atoms with Crippen LogP contribution in [0.1, 0.15) is 37.0 Å². The molecule has 0 saturated heterocycles. The van der Waals surface area contributed by atoms with Crippen LogP contribution in [0.3, 0.4) is 0 Å². The molecule has 1 aromatic heterocycles. The lowest BCUT2D eigenvalue weighted by Gasteiger charge is -2.30. The monoisotopic (exact) mass is 183 g/mol. The molecule has 66 valence electrons. The summed E-state index contributed by atoms with van der Waals surface area (Å²) >= 11 is 1.57. The standard InChI is InChI=1S/C9H13NOS/c11-9(4-2-1-3-5-9)8-6-10-7-12-8/h6-7,11H,1-5H2. The van der Waals surface area contributed by atoms with Crippen LogP contribution in [-0.4, -0.2) is 10.1 Å². The maximum absolute atomic E-state index is 10.2. The van der Waals surface area contributed by atoms with Crippen LogP contribution in [0.15, 0.2) is 11.7 Å². The van der Waals surface area contributed by atoms with Crippen LogP contribution in [0.25, 0.3) is 0 Å². The molecule has 0 spiro atoms. The SMILES string of the molecule is OC1(c2cncs2)CCCCC1. The second-order valence-electron chi connectivity index (χ2n) is 3.46. The third kappa shape index (κ3) is 1.39. The predicted molar refractivity (Wildman–Crippen MR) is 49.1 cm³/mol. The number of nitrogens with zero attached hydrogens (tertiary/aromatic N) is 1. The van der Waals surface area contributed by atoms with Crippen molar-refractivity contribution in [3.8, 4) is 0 Å². The Hall–Kier alpha value is -0.410. The lowest BCUT2D eigenvalue weighted by atomic mass is 9.84. The second-order valence-corrected chi connectivity index (χ2v) is 4.34. The lowest BCUT2D eigenvalue weighted by Crippen LogP contribution is -2.27. The summed E-state index contributed by atoms with van der Waals surface area (Å²) in [5, 5.41) is 10.2. The summed E-state index contributed by atoms with van der Waals surface area (Å²) in [5.74, 6) is 0. The van der Waals surface area contributed by atoms with E-state index in [1.807, 2.05) is 0 Å². The topological polar surface area (TPSA) is 33.1 Å². The Morgan fingerprint density at radius 1 is 1.33 bits per heavy atom. The highest BCUT2D eigenvalue weighted by molar-refractivity contribution is 7.09. The fraction of sp³-hybridized carbons (Fsp3) is 0.667. The van der Waals surface area contributed by atoms with E-state index in [1.54, 1.807) is 23.0 Å². The minimum absolute atomic E-state index is 0.542. The Bertz CT molecular complexity index is 239. The van der Waals surface area contributed by atoms with Gasteiger partial charge >= 0.3 is 0 Å². The second kappa shape index (κ2) is 3.15. The number of rotatable bonds is 1. The third-order valence-electron chi connectivity index (χ3n) is 2.57. The molecule has 1 aromatic rings. The van der Waals surface area contributed by atoms with E-state index in [0.29, 0.717) is 0 Å². The maximum Gasteiger partial charge on any atom is 0.100 e. The minimum Gasteiger partial charge on any atom is -0.384 e. The van der Waals surface area contributed by atoms with Gasteiger partial charge in [-0.25, -0.2) is 0 Å². The molecule has 0 amide bonds. The van der Waals surface area contributed by atoms with Crippen molar-refractivity contribution in [1.82, 2.24) is 4.98 Å². The van der Waals surface area contributed by atoms with Crippen LogP contribution in [0.5, 0.6) is 0 Å². The maximum atomic E-state index is 10.2. The summed E-state index contributed by atoms with van der Waals surface area (Å²) in [7, 11) is 0. The Balaban J connectivity index is 2.19. The molecular weight excluding hydrogens is 170 g/mol.